The van der Waals surface area contributed by atoms with Crippen LogP contribution in [0.15, 0.2) is 42.5 Å². The van der Waals surface area contributed by atoms with Gasteiger partial charge in [0.05, 0.1) is 19.3 Å². The van der Waals surface area contributed by atoms with Gasteiger partial charge in [0.1, 0.15) is 5.75 Å². The van der Waals surface area contributed by atoms with Crippen LogP contribution in [0.4, 0.5) is 0 Å². The van der Waals surface area contributed by atoms with E-state index in [9.17, 15) is 0 Å². The molecule has 2 heterocycles. The van der Waals surface area contributed by atoms with Gasteiger partial charge < -0.3 is 9.47 Å². The third kappa shape index (κ3) is 1.83. The summed E-state index contributed by atoms with van der Waals surface area (Å²) < 4.78 is 11.5. The van der Waals surface area contributed by atoms with E-state index >= 15 is 0 Å². The van der Waals surface area contributed by atoms with Crippen molar-refractivity contribution in [1.82, 2.24) is 0 Å². The van der Waals surface area contributed by atoms with Crippen molar-refractivity contribution in [1.29, 1.82) is 0 Å². The van der Waals surface area contributed by atoms with E-state index in [1.165, 1.54) is 28.3 Å². The molecule has 0 radical (unpaired) electrons. The van der Waals surface area contributed by atoms with E-state index in [1.54, 1.807) is 7.11 Å². The molecule has 0 N–H and O–H groups in total. The predicted molar refractivity (Wildman–Crippen MR) is 81.0 cm³/mol. The summed E-state index contributed by atoms with van der Waals surface area (Å²) in [6.07, 6.45) is 6.32. The van der Waals surface area contributed by atoms with Gasteiger partial charge in [0.2, 0.25) is 0 Å². The van der Waals surface area contributed by atoms with Gasteiger partial charge in [-0.05, 0) is 41.7 Å². The third-order valence-corrected chi connectivity index (χ3v) is 4.41. The third-order valence-electron chi connectivity index (χ3n) is 4.41. The van der Waals surface area contributed by atoms with Crippen molar-refractivity contribution < 1.29 is 9.47 Å². The molecule has 102 valence electrons. The molecule has 20 heavy (non-hydrogen) atoms. The highest BCUT2D eigenvalue weighted by atomic mass is 16.5. The van der Waals surface area contributed by atoms with Crippen LogP contribution >= 0.6 is 0 Å². The average Bonchev–Trinajstić information content (AvgIpc) is 2.84. The van der Waals surface area contributed by atoms with Crippen LogP contribution in [-0.4, -0.2) is 19.3 Å². The van der Waals surface area contributed by atoms with E-state index in [-0.39, 0.29) is 0 Å². The Morgan fingerprint density at radius 3 is 2.85 bits per heavy atom. The van der Waals surface area contributed by atoms with Gasteiger partial charge in [-0.25, -0.2) is 0 Å². The maximum atomic E-state index is 5.92. The highest BCUT2D eigenvalue weighted by Crippen LogP contribution is 2.41. The monoisotopic (exact) mass is 266 g/mol. The molecule has 1 fully saturated rings. The van der Waals surface area contributed by atoms with Crippen LogP contribution in [0.1, 0.15) is 24.8 Å². The lowest BCUT2D eigenvalue weighted by Gasteiger charge is -2.23. The summed E-state index contributed by atoms with van der Waals surface area (Å²) >= 11 is 0. The number of methoxy groups -OCH3 is 1. The lowest BCUT2D eigenvalue weighted by atomic mass is 9.92. The first kappa shape index (κ1) is 12.0. The van der Waals surface area contributed by atoms with Crippen molar-refractivity contribution in [3.63, 3.8) is 0 Å². The summed E-state index contributed by atoms with van der Waals surface area (Å²) in [5.41, 5.74) is 2.64. The normalized spacial score (nSPS) is 24.8. The molecule has 2 aromatic rings. The summed E-state index contributed by atoms with van der Waals surface area (Å²) in [6.45, 7) is 0. The Morgan fingerprint density at radius 1 is 1.10 bits per heavy atom. The zero-order valence-corrected chi connectivity index (χ0v) is 11.6. The zero-order valence-electron chi connectivity index (χ0n) is 11.6. The number of hydrogen-bond acceptors (Lipinski definition) is 2. The smallest absolute Gasteiger partial charge is 0.126 e. The highest BCUT2D eigenvalue weighted by molar-refractivity contribution is 5.96. The molecule has 1 saturated heterocycles. The molecule has 2 atom stereocenters. The number of rotatable bonds is 2. The minimum absolute atomic E-state index is 0.299. The van der Waals surface area contributed by atoms with Gasteiger partial charge in [0, 0.05) is 5.56 Å². The lowest BCUT2D eigenvalue weighted by molar-refractivity contribution is 0.0671. The molecule has 2 heteroatoms. The van der Waals surface area contributed by atoms with Gasteiger partial charge in [-0.2, -0.15) is 0 Å². The fraction of sp³-hybridized carbons (Fsp3) is 0.333. The lowest BCUT2D eigenvalue weighted by Crippen LogP contribution is -2.16. The molecule has 0 spiro atoms. The van der Waals surface area contributed by atoms with Gasteiger partial charge in [0.15, 0.2) is 0 Å². The standard InChI is InChI=1S/C18H18O2/c1-19-17-9-6-12-4-2-3-5-16(12)18(17)13-10-14-7-8-15(11-13)20-14/h2-6,9-10,14-15H,7-8,11H2,1H3. The first-order valence-corrected chi connectivity index (χ1v) is 7.27. The van der Waals surface area contributed by atoms with Crippen LogP contribution in [0.25, 0.3) is 16.3 Å². The molecule has 0 aromatic heterocycles. The van der Waals surface area contributed by atoms with Crippen molar-refractivity contribution in [2.45, 2.75) is 31.5 Å². The summed E-state index contributed by atoms with van der Waals surface area (Å²) in [4.78, 5) is 0. The first-order chi connectivity index (χ1) is 9.85. The fourth-order valence-electron chi connectivity index (χ4n) is 3.48. The molecule has 2 aliphatic rings. The van der Waals surface area contributed by atoms with Gasteiger partial charge in [-0.1, -0.05) is 36.4 Å². The van der Waals surface area contributed by atoms with Gasteiger partial charge in [-0.3, -0.25) is 0 Å². The molecule has 2 aliphatic heterocycles. The summed E-state index contributed by atoms with van der Waals surface area (Å²) in [5.74, 6) is 0.969. The molecule has 2 nitrogen and oxygen atoms in total. The van der Waals surface area contributed by atoms with E-state index in [0.717, 1.165) is 18.6 Å². The van der Waals surface area contributed by atoms with E-state index in [4.69, 9.17) is 9.47 Å². The number of fused-ring (bicyclic) bond motifs is 3. The van der Waals surface area contributed by atoms with Gasteiger partial charge in [-0.15, -0.1) is 0 Å². The molecule has 0 aliphatic carbocycles. The zero-order chi connectivity index (χ0) is 13.5. The quantitative estimate of drug-likeness (QED) is 0.811. The molecule has 2 bridgehead atoms. The molecular formula is C18H18O2. The Balaban J connectivity index is 1.93. The van der Waals surface area contributed by atoms with Crippen molar-refractivity contribution in [3.05, 3.63) is 48.0 Å². The maximum absolute atomic E-state index is 5.92. The largest absolute Gasteiger partial charge is 0.496 e. The Labute approximate surface area is 119 Å². The van der Waals surface area contributed by atoms with Crippen molar-refractivity contribution in [2.24, 2.45) is 0 Å². The average molecular weight is 266 g/mol. The molecule has 2 aromatic carbocycles. The van der Waals surface area contributed by atoms with Crippen molar-refractivity contribution in [3.8, 4) is 5.75 Å². The van der Waals surface area contributed by atoms with E-state index < -0.39 is 0 Å². The Hall–Kier alpha value is -1.80. The fourth-order valence-corrected chi connectivity index (χ4v) is 3.48. The van der Waals surface area contributed by atoms with E-state index in [0.29, 0.717) is 12.2 Å². The van der Waals surface area contributed by atoms with Crippen LogP contribution in [-0.2, 0) is 4.74 Å². The second-order valence-corrected chi connectivity index (χ2v) is 5.63. The molecule has 0 amide bonds. The molecule has 2 unspecified atom stereocenters. The Morgan fingerprint density at radius 2 is 2.00 bits per heavy atom. The summed E-state index contributed by atoms with van der Waals surface area (Å²) in [5, 5.41) is 2.54. The van der Waals surface area contributed by atoms with Crippen LogP contribution in [0, 0.1) is 0 Å². The highest BCUT2D eigenvalue weighted by Gasteiger charge is 2.31. The SMILES string of the molecule is COc1ccc2ccccc2c1C1=CC2CCC(C1)O2. The van der Waals surface area contributed by atoms with Crippen molar-refractivity contribution in [2.75, 3.05) is 7.11 Å². The van der Waals surface area contributed by atoms with E-state index in [1.807, 2.05) is 0 Å². The Bertz CT molecular complexity index is 687. The minimum atomic E-state index is 0.299. The molecular weight excluding hydrogens is 248 g/mol. The molecule has 4 rings (SSSR count). The number of benzene rings is 2. The summed E-state index contributed by atoms with van der Waals surface area (Å²) in [6, 6.07) is 12.7. The number of hydrogen-bond donors (Lipinski definition) is 0. The van der Waals surface area contributed by atoms with Crippen LogP contribution in [0.3, 0.4) is 0 Å². The predicted octanol–water partition coefficient (Wildman–Crippen LogP) is 4.18. The van der Waals surface area contributed by atoms with Crippen molar-refractivity contribution >= 4 is 16.3 Å². The molecule has 0 saturated carbocycles. The van der Waals surface area contributed by atoms with E-state index in [2.05, 4.69) is 42.5 Å². The maximum Gasteiger partial charge on any atom is 0.126 e. The minimum Gasteiger partial charge on any atom is -0.496 e. The van der Waals surface area contributed by atoms with Gasteiger partial charge in [0.25, 0.3) is 0 Å². The topological polar surface area (TPSA) is 18.5 Å². The second-order valence-electron chi connectivity index (χ2n) is 5.63. The van der Waals surface area contributed by atoms with Crippen LogP contribution in [0.2, 0.25) is 0 Å². The van der Waals surface area contributed by atoms with Crippen LogP contribution in [0.5, 0.6) is 5.75 Å². The van der Waals surface area contributed by atoms with Gasteiger partial charge >= 0.3 is 0 Å². The second kappa shape index (κ2) is 4.64. The Kier molecular flexibility index (Phi) is 2.78. The van der Waals surface area contributed by atoms with Crippen LogP contribution < -0.4 is 4.74 Å². The summed E-state index contributed by atoms with van der Waals surface area (Å²) in [7, 11) is 1.75. The number of ether oxygens (including phenoxy) is 2. The first-order valence-electron chi connectivity index (χ1n) is 7.27.